The lowest BCUT2D eigenvalue weighted by molar-refractivity contribution is -0.121. The molecule has 0 radical (unpaired) electrons. The van der Waals surface area contributed by atoms with Gasteiger partial charge in [0.1, 0.15) is 12.4 Å². The topological polar surface area (TPSA) is 79.9 Å². The zero-order chi connectivity index (χ0) is 18.1. The van der Waals surface area contributed by atoms with Crippen LogP contribution in [0.3, 0.4) is 0 Å². The molecule has 1 aromatic carbocycles. The molecule has 3 amide bonds. The van der Waals surface area contributed by atoms with Crippen molar-refractivity contribution in [1.29, 1.82) is 0 Å². The first-order valence-electron chi connectivity index (χ1n) is 8.69. The van der Waals surface area contributed by atoms with Gasteiger partial charge in [0.25, 0.3) is 0 Å². The Kier molecular flexibility index (Phi) is 7.53. The molecule has 0 bridgehead atoms. The normalized spacial score (nSPS) is 17.0. The molecule has 1 atom stereocenters. The number of amides is 3. The fourth-order valence-corrected chi connectivity index (χ4v) is 2.72. The van der Waals surface area contributed by atoms with Gasteiger partial charge in [0.15, 0.2) is 0 Å². The van der Waals surface area contributed by atoms with E-state index in [0.717, 1.165) is 12.8 Å². The number of benzene rings is 1. The molecule has 2 rings (SSSR count). The second-order valence-electron chi connectivity index (χ2n) is 6.01. The van der Waals surface area contributed by atoms with Crippen LogP contribution in [0.5, 0.6) is 5.75 Å². The summed E-state index contributed by atoms with van der Waals surface area (Å²) >= 11 is 0. The van der Waals surface area contributed by atoms with Gasteiger partial charge in [-0.2, -0.15) is 0 Å². The van der Waals surface area contributed by atoms with Crippen molar-refractivity contribution in [2.45, 2.75) is 32.2 Å². The molecule has 1 aliphatic rings. The van der Waals surface area contributed by atoms with E-state index in [1.807, 2.05) is 25.1 Å². The zero-order valence-electron chi connectivity index (χ0n) is 14.9. The van der Waals surface area contributed by atoms with Crippen LogP contribution in [-0.2, 0) is 9.53 Å². The largest absolute Gasteiger partial charge is 0.491 e. The number of nitrogens with zero attached hydrogens (tertiary/aromatic N) is 1. The lowest BCUT2D eigenvalue weighted by Gasteiger charge is -2.33. The van der Waals surface area contributed by atoms with Crippen molar-refractivity contribution >= 4 is 17.6 Å². The Labute approximate surface area is 148 Å². The summed E-state index contributed by atoms with van der Waals surface area (Å²) in [5.41, 5.74) is 0.680. The molecule has 1 saturated heterocycles. The zero-order valence-corrected chi connectivity index (χ0v) is 14.9. The molecular weight excluding hydrogens is 322 g/mol. The molecule has 1 aromatic rings. The van der Waals surface area contributed by atoms with Crippen LogP contribution in [0.25, 0.3) is 0 Å². The molecule has 7 heteroatoms. The van der Waals surface area contributed by atoms with Crippen LogP contribution < -0.4 is 15.4 Å². The van der Waals surface area contributed by atoms with Crippen molar-refractivity contribution in [2.24, 2.45) is 0 Å². The highest BCUT2D eigenvalue weighted by atomic mass is 16.5. The van der Waals surface area contributed by atoms with Crippen molar-refractivity contribution < 1.29 is 19.1 Å². The summed E-state index contributed by atoms with van der Waals surface area (Å²) in [5.74, 6) is 0.703. The number of hydrogen-bond acceptors (Lipinski definition) is 4. The van der Waals surface area contributed by atoms with E-state index in [0.29, 0.717) is 44.2 Å². The Hall–Kier alpha value is -2.28. The summed E-state index contributed by atoms with van der Waals surface area (Å²) in [6.45, 7) is 4.01. The fourth-order valence-electron chi connectivity index (χ4n) is 2.72. The lowest BCUT2D eigenvalue weighted by Crippen LogP contribution is -2.50. The van der Waals surface area contributed by atoms with Gasteiger partial charge in [-0.05, 0) is 25.0 Å². The molecule has 1 heterocycles. The molecule has 25 heavy (non-hydrogen) atoms. The van der Waals surface area contributed by atoms with Gasteiger partial charge >= 0.3 is 6.03 Å². The minimum atomic E-state index is -0.163. The first-order valence-corrected chi connectivity index (χ1v) is 8.69. The van der Waals surface area contributed by atoms with Crippen LogP contribution in [0.2, 0.25) is 0 Å². The smallest absolute Gasteiger partial charge is 0.321 e. The second kappa shape index (κ2) is 9.88. The van der Waals surface area contributed by atoms with Crippen molar-refractivity contribution in [1.82, 2.24) is 10.2 Å². The third kappa shape index (κ3) is 6.26. The highest BCUT2D eigenvalue weighted by Crippen LogP contribution is 2.19. The number of piperidine rings is 1. The van der Waals surface area contributed by atoms with Crippen LogP contribution in [0.4, 0.5) is 10.5 Å². The fraction of sp³-hybridized carbons (Fsp3) is 0.556. The quantitative estimate of drug-likeness (QED) is 0.740. The van der Waals surface area contributed by atoms with Crippen molar-refractivity contribution in [3.63, 3.8) is 0 Å². The second-order valence-corrected chi connectivity index (χ2v) is 6.01. The molecule has 0 aliphatic carbocycles. The molecule has 0 unspecified atom stereocenters. The Balaban J connectivity index is 1.88. The van der Waals surface area contributed by atoms with Gasteiger partial charge in [-0.15, -0.1) is 0 Å². The van der Waals surface area contributed by atoms with Crippen LogP contribution in [-0.4, -0.2) is 56.3 Å². The van der Waals surface area contributed by atoms with E-state index in [9.17, 15) is 9.59 Å². The average molecular weight is 349 g/mol. The highest BCUT2D eigenvalue weighted by molar-refractivity contribution is 5.89. The van der Waals surface area contributed by atoms with E-state index in [1.54, 1.807) is 18.1 Å². The highest BCUT2D eigenvalue weighted by Gasteiger charge is 2.24. The maximum Gasteiger partial charge on any atom is 0.321 e. The standard InChI is InChI=1S/C18H27N3O4/c1-3-17(22)19-15-7-5-9-21(13-15)18(23)20-14-6-4-8-16(12-14)25-11-10-24-2/h4,6,8,12,15H,3,5,7,9-11,13H2,1-2H3,(H,19,22)(H,20,23)/t15-/m0/s1. The van der Waals surface area contributed by atoms with E-state index in [-0.39, 0.29) is 18.0 Å². The monoisotopic (exact) mass is 349 g/mol. The summed E-state index contributed by atoms with van der Waals surface area (Å²) in [6, 6.07) is 7.14. The molecule has 0 spiro atoms. The predicted molar refractivity (Wildman–Crippen MR) is 95.9 cm³/mol. The van der Waals surface area contributed by atoms with Crippen LogP contribution >= 0.6 is 0 Å². The van der Waals surface area contributed by atoms with Gasteiger partial charge < -0.3 is 25.0 Å². The van der Waals surface area contributed by atoms with Crippen molar-refractivity contribution in [3.05, 3.63) is 24.3 Å². The first-order chi connectivity index (χ1) is 12.1. The first kappa shape index (κ1) is 19.1. The van der Waals surface area contributed by atoms with Gasteiger partial charge in [0.2, 0.25) is 5.91 Å². The molecule has 1 aliphatic heterocycles. The third-order valence-electron chi connectivity index (χ3n) is 4.04. The number of ether oxygens (including phenoxy) is 2. The van der Waals surface area contributed by atoms with Gasteiger partial charge in [-0.3, -0.25) is 4.79 Å². The van der Waals surface area contributed by atoms with Gasteiger partial charge in [0.05, 0.1) is 6.61 Å². The van der Waals surface area contributed by atoms with Crippen LogP contribution in [0.15, 0.2) is 24.3 Å². The van der Waals surface area contributed by atoms with Gasteiger partial charge in [-0.1, -0.05) is 13.0 Å². The number of methoxy groups -OCH3 is 1. The van der Waals surface area contributed by atoms with Crippen molar-refractivity contribution in [3.8, 4) is 5.75 Å². The number of hydrogen-bond donors (Lipinski definition) is 2. The average Bonchev–Trinajstić information content (AvgIpc) is 2.62. The molecular formula is C18H27N3O4. The number of urea groups is 1. The number of anilines is 1. The molecule has 7 nitrogen and oxygen atoms in total. The third-order valence-corrected chi connectivity index (χ3v) is 4.04. The maximum atomic E-state index is 12.5. The summed E-state index contributed by atoms with van der Waals surface area (Å²) in [7, 11) is 1.62. The number of carbonyl (C=O) groups excluding carboxylic acids is 2. The molecule has 0 saturated carbocycles. The Morgan fingerprint density at radius 1 is 1.32 bits per heavy atom. The lowest BCUT2D eigenvalue weighted by atomic mass is 10.1. The van der Waals surface area contributed by atoms with Gasteiger partial charge in [0, 0.05) is 44.4 Å². The Morgan fingerprint density at radius 3 is 2.92 bits per heavy atom. The summed E-state index contributed by atoms with van der Waals surface area (Å²) in [4.78, 5) is 25.8. The molecule has 138 valence electrons. The van der Waals surface area contributed by atoms with Gasteiger partial charge in [-0.25, -0.2) is 4.79 Å². The van der Waals surface area contributed by atoms with Crippen molar-refractivity contribution in [2.75, 3.05) is 38.7 Å². The van der Waals surface area contributed by atoms with E-state index >= 15 is 0 Å². The summed E-state index contributed by atoms with van der Waals surface area (Å²) < 4.78 is 10.5. The Morgan fingerprint density at radius 2 is 2.16 bits per heavy atom. The van der Waals surface area contributed by atoms with Crippen LogP contribution in [0.1, 0.15) is 26.2 Å². The van der Waals surface area contributed by atoms with E-state index in [4.69, 9.17) is 9.47 Å². The predicted octanol–water partition coefficient (Wildman–Crippen LogP) is 2.23. The van der Waals surface area contributed by atoms with E-state index < -0.39 is 0 Å². The molecule has 1 fully saturated rings. The maximum absolute atomic E-state index is 12.5. The summed E-state index contributed by atoms with van der Waals surface area (Å²) in [5, 5.41) is 5.86. The number of carbonyl (C=O) groups is 2. The number of rotatable bonds is 7. The Bertz CT molecular complexity index is 579. The summed E-state index contributed by atoms with van der Waals surface area (Å²) in [6.07, 6.45) is 2.24. The molecule has 0 aromatic heterocycles. The van der Waals surface area contributed by atoms with E-state index in [1.165, 1.54) is 0 Å². The van der Waals surface area contributed by atoms with E-state index in [2.05, 4.69) is 10.6 Å². The van der Waals surface area contributed by atoms with Crippen LogP contribution in [0, 0.1) is 0 Å². The number of nitrogens with one attached hydrogen (secondary N) is 2. The molecule has 2 N–H and O–H groups in total. The SMILES string of the molecule is CCC(=O)N[C@H]1CCCN(C(=O)Nc2cccc(OCCOC)c2)C1. The minimum Gasteiger partial charge on any atom is -0.491 e. The number of likely N-dealkylation sites (tertiary alicyclic amines) is 1. The minimum absolute atomic E-state index is 0.0215.